The predicted molar refractivity (Wildman–Crippen MR) is 119 cm³/mol. The first-order valence-corrected chi connectivity index (χ1v) is 10.6. The zero-order valence-corrected chi connectivity index (χ0v) is 18.8. The van der Waals surface area contributed by atoms with Crippen LogP contribution in [0, 0.1) is 11.3 Å². The number of nitrogens with zero attached hydrogens (tertiary/aromatic N) is 3. The summed E-state index contributed by atoms with van der Waals surface area (Å²) < 4.78 is 12.1. The largest absolute Gasteiger partial charge is 0.496 e. The third kappa shape index (κ3) is 4.92. The number of hydrogen-bond donors (Lipinski definition) is 0. The highest BCUT2D eigenvalue weighted by atomic mass is 79.9. The third-order valence-corrected chi connectivity index (χ3v) is 5.85. The van der Waals surface area contributed by atoms with Crippen LogP contribution in [0.2, 0.25) is 5.02 Å². The fourth-order valence-corrected chi connectivity index (χ4v) is 4.28. The van der Waals surface area contributed by atoms with E-state index in [-0.39, 0.29) is 12.6 Å². The highest BCUT2D eigenvalue weighted by Gasteiger charge is 2.28. The molecule has 1 atom stereocenters. The lowest BCUT2D eigenvalue weighted by molar-refractivity contribution is 0.0169. The van der Waals surface area contributed by atoms with Crippen molar-refractivity contribution in [1.29, 1.82) is 5.26 Å². The Hall–Kier alpha value is -2.07. The van der Waals surface area contributed by atoms with Gasteiger partial charge in [-0.2, -0.15) is 5.26 Å². The molecule has 0 aromatic heterocycles. The van der Waals surface area contributed by atoms with E-state index in [1.807, 2.05) is 30.3 Å². The van der Waals surface area contributed by atoms with Crippen molar-refractivity contribution < 1.29 is 9.47 Å². The summed E-state index contributed by atoms with van der Waals surface area (Å²) in [5.41, 5.74) is 3.13. The van der Waals surface area contributed by atoms with Crippen molar-refractivity contribution >= 4 is 33.4 Å². The number of halogens is 2. The molecule has 1 heterocycles. The number of methoxy groups -OCH3 is 2. The number of ether oxygens (including phenoxy) is 2. The molecule has 3 rings (SSSR count). The maximum Gasteiger partial charge on any atom is 0.144 e. The van der Waals surface area contributed by atoms with Crippen molar-refractivity contribution in [2.45, 2.75) is 25.5 Å². The van der Waals surface area contributed by atoms with E-state index >= 15 is 0 Å². The van der Waals surface area contributed by atoms with Gasteiger partial charge in [-0.05, 0) is 48.2 Å². The van der Waals surface area contributed by atoms with E-state index in [0.29, 0.717) is 11.6 Å². The van der Waals surface area contributed by atoms with Crippen LogP contribution in [0.5, 0.6) is 5.75 Å². The summed E-state index contributed by atoms with van der Waals surface area (Å²) in [5, 5.41) is 9.84. The normalized spacial score (nSPS) is 14.4. The van der Waals surface area contributed by atoms with E-state index < -0.39 is 0 Å². The molecule has 1 aliphatic heterocycles. The maximum atomic E-state index is 9.13. The number of nitriles is 1. The molecule has 5 nitrogen and oxygen atoms in total. The lowest BCUT2D eigenvalue weighted by atomic mass is 9.98. The second-order valence-electron chi connectivity index (χ2n) is 6.67. The molecule has 152 valence electrons. The Morgan fingerprint density at radius 1 is 1.28 bits per heavy atom. The van der Waals surface area contributed by atoms with E-state index in [0.717, 1.165) is 52.1 Å². The molecule has 0 N–H and O–H groups in total. The Morgan fingerprint density at radius 3 is 2.83 bits per heavy atom. The van der Waals surface area contributed by atoms with Gasteiger partial charge in [0.2, 0.25) is 0 Å². The number of aryl methyl sites for hydroxylation is 1. The van der Waals surface area contributed by atoms with Gasteiger partial charge in [0.1, 0.15) is 17.8 Å². The molecule has 0 radical (unpaired) electrons. The van der Waals surface area contributed by atoms with Gasteiger partial charge in [-0.1, -0.05) is 39.7 Å². The second kappa shape index (κ2) is 10.1. The van der Waals surface area contributed by atoms with Gasteiger partial charge in [0.25, 0.3) is 0 Å². The number of benzene rings is 2. The minimum Gasteiger partial charge on any atom is -0.496 e. The molecule has 2 aromatic rings. The van der Waals surface area contributed by atoms with Gasteiger partial charge in [-0.15, -0.1) is 0 Å². The molecule has 1 unspecified atom stereocenters. The van der Waals surface area contributed by atoms with Crippen LogP contribution in [0.3, 0.4) is 0 Å². The number of aliphatic imine (C=N–C) groups is 1. The Kier molecular flexibility index (Phi) is 7.54. The van der Waals surface area contributed by atoms with Crippen molar-refractivity contribution in [3.63, 3.8) is 0 Å². The van der Waals surface area contributed by atoms with Gasteiger partial charge in [-0.25, -0.2) is 0 Å². The lowest BCUT2D eigenvalue weighted by Crippen LogP contribution is -2.40. The standard InChI is InChI=1S/C22H23BrClN3O2/c1-28-20-9-7-16(23)14-15(20)6-8-17-18(4-3-5-19(17)24)22-26-12-13-27(22)21(29-2)10-11-25/h3-5,7,9,14,21H,6,8,10,12-13H2,1-2H3. The van der Waals surface area contributed by atoms with Gasteiger partial charge in [0.05, 0.1) is 26.1 Å². The predicted octanol–water partition coefficient (Wildman–Crippen LogP) is 4.84. The number of rotatable bonds is 8. The van der Waals surface area contributed by atoms with Crippen molar-refractivity contribution in [3.05, 3.63) is 62.6 Å². The summed E-state index contributed by atoms with van der Waals surface area (Å²) in [4.78, 5) is 6.76. The van der Waals surface area contributed by atoms with Crippen LogP contribution < -0.4 is 4.74 Å². The smallest absolute Gasteiger partial charge is 0.144 e. The van der Waals surface area contributed by atoms with Crippen molar-refractivity contribution in [3.8, 4) is 11.8 Å². The molecule has 1 aliphatic rings. The Balaban J connectivity index is 1.90. The number of hydrogen-bond acceptors (Lipinski definition) is 5. The van der Waals surface area contributed by atoms with Gasteiger partial charge < -0.3 is 14.4 Å². The molecular weight excluding hydrogens is 454 g/mol. The van der Waals surface area contributed by atoms with E-state index in [2.05, 4.69) is 33.0 Å². The van der Waals surface area contributed by atoms with E-state index in [1.165, 1.54) is 0 Å². The SMILES string of the molecule is COc1ccc(Br)cc1CCc1c(Cl)cccc1C1=NCCN1C(CC#N)OC. The first-order valence-electron chi connectivity index (χ1n) is 9.40. The summed E-state index contributed by atoms with van der Waals surface area (Å²) in [7, 11) is 3.30. The van der Waals surface area contributed by atoms with Crippen LogP contribution >= 0.6 is 27.5 Å². The molecule has 7 heteroatoms. The summed E-state index contributed by atoms with van der Waals surface area (Å²) >= 11 is 10.1. The minimum atomic E-state index is -0.321. The molecule has 0 aliphatic carbocycles. The zero-order chi connectivity index (χ0) is 20.8. The Labute approximate surface area is 185 Å². The third-order valence-electron chi connectivity index (χ3n) is 5.01. The first kappa shape index (κ1) is 21.6. The summed E-state index contributed by atoms with van der Waals surface area (Å²) in [5.74, 6) is 1.70. The fraction of sp³-hybridized carbons (Fsp3) is 0.364. The van der Waals surface area contributed by atoms with Crippen molar-refractivity contribution in [2.75, 3.05) is 27.3 Å². The first-order chi connectivity index (χ1) is 14.1. The van der Waals surface area contributed by atoms with E-state index in [9.17, 15) is 0 Å². The van der Waals surface area contributed by atoms with Crippen LogP contribution in [0.1, 0.15) is 23.1 Å². The fourth-order valence-electron chi connectivity index (χ4n) is 3.60. The van der Waals surface area contributed by atoms with Crippen LogP contribution in [-0.2, 0) is 17.6 Å². The van der Waals surface area contributed by atoms with Crippen LogP contribution in [-0.4, -0.2) is 44.3 Å². The molecule has 2 aromatic carbocycles. The molecule has 29 heavy (non-hydrogen) atoms. The number of amidine groups is 1. The Bertz CT molecular complexity index is 942. The van der Waals surface area contributed by atoms with Crippen molar-refractivity contribution in [1.82, 2.24) is 4.90 Å². The Morgan fingerprint density at radius 2 is 2.10 bits per heavy atom. The van der Waals surface area contributed by atoms with Gasteiger partial charge in [0, 0.05) is 28.7 Å². The molecule has 0 saturated heterocycles. The molecule has 0 bridgehead atoms. The van der Waals surface area contributed by atoms with Gasteiger partial charge in [0.15, 0.2) is 0 Å². The van der Waals surface area contributed by atoms with E-state index in [4.69, 9.17) is 31.3 Å². The zero-order valence-electron chi connectivity index (χ0n) is 16.5. The summed E-state index contributed by atoms with van der Waals surface area (Å²) in [6.45, 7) is 1.40. The average molecular weight is 477 g/mol. The molecule has 0 fully saturated rings. The molecule has 0 saturated carbocycles. The summed E-state index contributed by atoms with van der Waals surface area (Å²) in [6.07, 6.45) is 1.47. The summed E-state index contributed by atoms with van der Waals surface area (Å²) in [6, 6.07) is 14.1. The average Bonchev–Trinajstić information content (AvgIpc) is 3.20. The van der Waals surface area contributed by atoms with Crippen LogP contribution in [0.4, 0.5) is 0 Å². The van der Waals surface area contributed by atoms with E-state index in [1.54, 1.807) is 14.2 Å². The van der Waals surface area contributed by atoms with Crippen molar-refractivity contribution in [2.24, 2.45) is 4.99 Å². The van der Waals surface area contributed by atoms with Crippen LogP contribution in [0.25, 0.3) is 0 Å². The molecule has 0 amide bonds. The maximum absolute atomic E-state index is 9.13. The van der Waals surface area contributed by atoms with Gasteiger partial charge in [-0.3, -0.25) is 4.99 Å². The topological polar surface area (TPSA) is 57.8 Å². The highest BCUT2D eigenvalue weighted by molar-refractivity contribution is 9.10. The quantitative estimate of drug-likeness (QED) is 0.547. The van der Waals surface area contributed by atoms with Gasteiger partial charge >= 0.3 is 0 Å². The lowest BCUT2D eigenvalue weighted by Gasteiger charge is -2.29. The monoisotopic (exact) mass is 475 g/mol. The molecule has 0 spiro atoms. The second-order valence-corrected chi connectivity index (χ2v) is 8.00. The molecular formula is C22H23BrClN3O2. The minimum absolute atomic E-state index is 0.278. The highest BCUT2D eigenvalue weighted by Crippen LogP contribution is 2.29. The van der Waals surface area contributed by atoms with Crippen LogP contribution in [0.15, 0.2) is 45.9 Å².